The Morgan fingerprint density at radius 2 is 2.15 bits per heavy atom. The van der Waals surface area contributed by atoms with E-state index in [0.717, 1.165) is 5.69 Å². The van der Waals surface area contributed by atoms with Crippen LogP contribution >= 0.6 is 11.3 Å². The molecule has 0 unspecified atom stereocenters. The van der Waals surface area contributed by atoms with Crippen LogP contribution in [0.15, 0.2) is 35.8 Å². The minimum absolute atomic E-state index is 0.0226. The highest BCUT2D eigenvalue weighted by molar-refractivity contribution is 7.10. The summed E-state index contributed by atoms with van der Waals surface area (Å²) >= 11 is 1.36. The number of thiophene rings is 1. The van der Waals surface area contributed by atoms with Gasteiger partial charge in [0.2, 0.25) is 0 Å². The van der Waals surface area contributed by atoms with Crippen molar-refractivity contribution in [2.45, 2.75) is 75.1 Å². The Morgan fingerprint density at radius 3 is 2.93 bits per heavy atom. The summed E-state index contributed by atoms with van der Waals surface area (Å²) in [5, 5.41) is 1.84. The first kappa shape index (κ1) is 12.9. The van der Waals surface area contributed by atoms with Crippen LogP contribution in [0.4, 0.5) is 0 Å². The van der Waals surface area contributed by atoms with Crippen LogP contribution in [0.1, 0.15) is 76.5 Å². The molecule has 0 radical (unpaired) electrons. The molecule has 4 rings (SSSR count). The van der Waals surface area contributed by atoms with Crippen LogP contribution < -0.4 is 4.74 Å². The zero-order chi connectivity index (χ0) is 24.0. The fraction of sp³-hybridized carbons (Fsp3) is 0.609. The van der Waals surface area contributed by atoms with E-state index in [1.165, 1.54) is 11.3 Å². The Kier molecular flexibility index (Phi) is 3.99. The minimum Gasteiger partial charge on any atom is -0.496 e. The third-order valence-electron chi connectivity index (χ3n) is 5.77. The first-order valence-corrected chi connectivity index (χ1v) is 10.5. The van der Waals surface area contributed by atoms with Gasteiger partial charge >= 0.3 is 0 Å². The summed E-state index contributed by atoms with van der Waals surface area (Å²) in [4.78, 5) is 5.23. The fourth-order valence-electron chi connectivity index (χ4n) is 4.41. The van der Waals surface area contributed by atoms with E-state index in [0.29, 0.717) is 49.3 Å². The average molecular weight is 392 g/mol. The monoisotopic (exact) mass is 391 g/mol. The molecule has 1 saturated heterocycles. The van der Waals surface area contributed by atoms with Crippen LogP contribution in [0.2, 0.25) is 0 Å². The largest absolute Gasteiger partial charge is 0.496 e. The van der Waals surface area contributed by atoms with Crippen LogP contribution in [0.5, 0.6) is 5.75 Å². The highest BCUT2D eigenvalue weighted by Crippen LogP contribution is 2.50. The molecule has 3 heterocycles. The normalized spacial score (nSPS) is 31.9. The first-order chi connectivity index (χ1) is 15.4. The third-order valence-corrected chi connectivity index (χ3v) is 6.62. The van der Waals surface area contributed by atoms with Crippen LogP contribution in [0.3, 0.4) is 0 Å². The number of methoxy groups -OCH3 is 1. The fourth-order valence-corrected chi connectivity index (χ4v) is 5.19. The number of hydrogen-bond donors (Lipinski definition) is 0. The van der Waals surface area contributed by atoms with E-state index >= 15 is 0 Å². The van der Waals surface area contributed by atoms with Gasteiger partial charge in [-0.3, -0.25) is 4.98 Å². The number of rotatable bonds is 7. The van der Waals surface area contributed by atoms with Gasteiger partial charge in [-0.05, 0) is 68.5 Å². The van der Waals surface area contributed by atoms with E-state index in [1.54, 1.807) is 19.4 Å². The molecule has 0 amide bonds. The lowest BCUT2D eigenvalue weighted by Gasteiger charge is -2.46. The van der Waals surface area contributed by atoms with E-state index in [2.05, 4.69) is 4.98 Å². The van der Waals surface area contributed by atoms with Gasteiger partial charge in [0.25, 0.3) is 0 Å². The smallest absolute Gasteiger partial charge is 0.132 e. The molecule has 0 N–H and O–H groups in total. The summed E-state index contributed by atoms with van der Waals surface area (Å²) in [7, 11) is 1.55. The van der Waals surface area contributed by atoms with E-state index in [-0.39, 0.29) is 12.8 Å². The summed E-state index contributed by atoms with van der Waals surface area (Å²) < 4.78 is 61.8. The zero-order valence-electron chi connectivity index (χ0n) is 21.8. The van der Waals surface area contributed by atoms with Gasteiger partial charge in [0.15, 0.2) is 0 Å². The van der Waals surface area contributed by atoms with Crippen molar-refractivity contribution in [2.75, 3.05) is 13.7 Å². The highest BCUT2D eigenvalue weighted by atomic mass is 32.1. The molecule has 1 aliphatic heterocycles. The van der Waals surface area contributed by atoms with Gasteiger partial charge in [0.05, 0.1) is 12.7 Å². The Labute approximate surface area is 175 Å². The maximum absolute atomic E-state index is 8.64. The van der Waals surface area contributed by atoms with Gasteiger partial charge < -0.3 is 9.47 Å². The van der Waals surface area contributed by atoms with E-state index in [1.807, 2.05) is 23.6 Å². The van der Waals surface area contributed by atoms with Gasteiger partial charge in [0, 0.05) is 37.0 Å². The van der Waals surface area contributed by atoms with Gasteiger partial charge in [-0.2, -0.15) is 0 Å². The minimum atomic E-state index is -1.95. The highest BCUT2D eigenvalue weighted by Gasteiger charge is 2.48. The van der Waals surface area contributed by atoms with Crippen molar-refractivity contribution < 1.29 is 17.7 Å². The molecule has 146 valence electrons. The second-order valence-electron chi connectivity index (χ2n) is 7.51. The lowest BCUT2D eigenvalue weighted by molar-refractivity contribution is -0.104. The van der Waals surface area contributed by atoms with Gasteiger partial charge in [0.1, 0.15) is 5.75 Å². The number of aryl methyl sites for hydroxylation is 1. The maximum atomic E-state index is 8.64. The Hall–Kier alpha value is -1.39. The number of nitrogens with zero attached hydrogens (tertiary/aromatic N) is 1. The second-order valence-corrected chi connectivity index (χ2v) is 8.43. The molecule has 2 aromatic heterocycles. The molecular weight excluding hydrogens is 354 g/mol. The molecule has 2 fully saturated rings. The Morgan fingerprint density at radius 1 is 1.26 bits per heavy atom. The van der Waals surface area contributed by atoms with Crippen molar-refractivity contribution in [1.82, 2.24) is 4.98 Å². The van der Waals surface area contributed by atoms with E-state index in [9.17, 15) is 0 Å². The molecule has 2 aromatic rings. The molecule has 0 aromatic carbocycles. The molecule has 27 heavy (non-hydrogen) atoms. The van der Waals surface area contributed by atoms with Gasteiger partial charge in [-0.15, -0.1) is 11.3 Å². The zero-order valence-corrected chi connectivity index (χ0v) is 16.6. The van der Waals surface area contributed by atoms with Crippen LogP contribution in [-0.2, 0) is 16.5 Å². The molecule has 1 spiro atoms. The topological polar surface area (TPSA) is 31.4 Å². The van der Waals surface area contributed by atoms with Crippen LogP contribution in [0.25, 0.3) is 0 Å². The van der Waals surface area contributed by atoms with Crippen molar-refractivity contribution in [2.24, 2.45) is 0 Å². The summed E-state index contributed by atoms with van der Waals surface area (Å²) in [6.45, 7) is 0.411. The van der Waals surface area contributed by atoms with Crippen molar-refractivity contribution in [3.05, 3.63) is 46.4 Å². The third kappa shape index (κ3) is 4.07. The van der Waals surface area contributed by atoms with E-state index in [4.69, 9.17) is 17.7 Å². The maximum Gasteiger partial charge on any atom is 0.132 e. The van der Waals surface area contributed by atoms with Gasteiger partial charge in [-0.1, -0.05) is 25.2 Å². The predicted octanol–water partition coefficient (Wildman–Crippen LogP) is 5.93. The molecule has 0 bridgehead atoms. The summed E-state index contributed by atoms with van der Waals surface area (Å²) in [6.07, 6.45) is -0.823. The average Bonchev–Trinajstić information content (AvgIpc) is 3.29. The standard InChI is InChI=1S/C23H31NO2S/c1-25-19-10-17-27-20(19)8-2-4-11-22(21-9-3-7-15-24-21)14-16-26-23(18-22)12-5-6-13-23/h3,7,9-10,15,17H,2,4-6,8,11-14,16,18H2,1H3/t22-/m1/s1/i5D2,6D2,8D2. The first-order valence-electron chi connectivity index (χ1n) is 12.6. The molecular formula is C23H31NO2S. The summed E-state index contributed by atoms with van der Waals surface area (Å²) in [6, 6.07) is 7.57. The van der Waals surface area contributed by atoms with Crippen LogP contribution in [-0.4, -0.2) is 24.3 Å². The van der Waals surface area contributed by atoms with Crippen LogP contribution in [0, 0.1) is 0 Å². The molecule has 1 atom stereocenters. The number of aromatic nitrogens is 1. The summed E-state index contributed by atoms with van der Waals surface area (Å²) in [5.74, 6) is 0.574. The molecule has 2 aliphatic rings. The van der Waals surface area contributed by atoms with Crippen molar-refractivity contribution in [3.8, 4) is 5.75 Å². The Balaban J connectivity index is 1.58. The quantitative estimate of drug-likeness (QED) is 0.586. The second kappa shape index (κ2) is 8.32. The summed E-state index contributed by atoms with van der Waals surface area (Å²) in [5.41, 5.74) is -0.389. The van der Waals surface area contributed by atoms with Gasteiger partial charge in [-0.25, -0.2) is 0 Å². The van der Waals surface area contributed by atoms with Crippen molar-refractivity contribution >= 4 is 11.3 Å². The number of pyridine rings is 1. The predicted molar refractivity (Wildman–Crippen MR) is 111 cm³/mol. The van der Waals surface area contributed by atoms with Crippen molar-refractivity contribution in [1.29, 1.82) is 0 Å². The number of hydrogen-bond acceptors (Lipinski definition) is 4. The van der Waals surface area contributed by atoms with E-state index < -0.39 is 30.1 Å². The molecule has 4 heteroatoms. The number of ether oxygens (including phenoxy) is 2. The molecule has 1 aliphatic carbocycles. The van der Waals surface area contributed by atoms with Crippen molar-refractivity contribution in [3.63, 3.8) is 0 Å². The lowest BCUT2D eigenvalue weighted by atomic mass is 9.67. The molecule has 3 nitrogen and oxygen atoms in total. The molecule has 1 saturated carbocycles. The SMILES string of the molecule is [2H]C([2H])(CCC[C@@]1(c2ccccn2)CCOC2(CC([2H])([2H])C([2H])([2H])C2)C1)c1sccc1OC. The Bertz CT molecular complexity index is 951. The lowest BCUT2D eigenvalue weighted by Crippen LogP contribution is -2.46.